The first-order valence-electron chi connectivity index (χ1n) is 6.23. The van der Waals surface area contributed by atoms with Gasteiger partial charge >= 0.3 is 12.0 Å². The summed E-state index contributed by atoms with van der Waals surface area (Å²) in [5.74, 6) is -0.395. The van der Waals surface area contributed by atoms with Crippen LogP contribution in [0.1, 0.15) is 39.1 Å². The van der Waals surface area contributed by atoms with E-state index in [2.05, 4.69) is 15.3 Å². The van der Waals surface area contributed by atoms with Gasteiger partial charge in [0.1, 0.15) is 12.4 Å². The molecule has 1 heterocycles. The van der Waals surface area contributed by atoms with Crippen molar-refractivity contribution >= 4 is 12.0 Å². The van der Waals surface area contributed by atoms with Crippen LogP contribution in [0.3, 0.4) is 0 Å². The van der Waals surface area contributed by atoms with E-state index in [-0.39, 0.29) is 18.6 Å². The molecule has 0 aliphatic rings. The first-order valence-corrected chi connectivity index (χ1v) is 6.23. The fraction of sp³-hybridized carbons (Fsp3) is 0.583. The third-order valence-electron chi connectivity index (χ3n) is 2.96. The summed E-state index contributed by atoms with van der Waals surface area (Å²) < 4.78 is 0. The van der Waals surface area contributed by atoms with E-state index in [4.69, 9.17) is 5.11 Å². The normalized spacial score (nSPS) is 13.6. The minimum atomic E-state index is -1.03. The average molecular weight is 268 g/mol. The van der Waals surface area contributed by atoms with Crippen molar-refractivity contribution in [1.82, 2.24) is 20.2 Å². The Labute approximate surface area is 112 Å². The number of hydrogen-bond donors (Lipinski definition) is 3. The molecule has 7 heteroatoms. The van der Waals surface area contributed by atoms with Crippen molar-refractivity contribution in [3.05, 3.63) is 18.2 Å². The lowest BCUT2D eigenvalue weighted by atomic mass is 10.2. The van der Waals surface area contributed by atoms with Crippen molar-refractivity contribution in [3.63, 3.8) is 0 Å². The van der Waals surface area contributed by atoms with Crippen LogP contribution in [0.15, 0.2) is 12.4 Å². The van der Waals surface area contributed by atoms with E-state index in [0.717, 1.165) is 0 Å². The van der Waals surface area contributed by atoms with Gasteiger partial charge in [0.15, 0.2) is 0 Å². The van der Waals surface area contributed by atoms with Crippen LogP contribution in [-0.2, 0) is 4.79 Å². The van der Waals surface area contributed by atoms with Gasteiger partial charge in [-0.2, -0.15) is 0 Å². The number of amides is 2. The molecule has 7 nitrogen and oxygen atoms in total. The lowest BCUT2D eigenvalue weighted by molar-refractivity contribution is -0.138. The molecule has 0 aliphatic heterocycles. The number of nitrogens with one attached hydrogen (secondary N) is 2. The fourth-order valence-electron chi connectivity index (χ4n) is 1.64. The number of carboxylic acids is 1. The van der Waals surface area contributed by atoms with Gasteiger partial charge in [-0.1, -0.05) is 6.92 Å². The highest BCUT2D eigenvalue weighted by atomic mass is 16.4. The number of aliphatic carboxylic acids is 1. The van der Waals surface area contributed by atoms with Crippen LogP contribution in [0.4, 0.5) is 4.79 Å². The van der Waals surface area contributed by atoms with E-state index >= 15 is 0 Å². The van der Waals surface area contributed by atoms with Gasteiger partial charge in [0, 0.05) is 18.4 Å². The number of carboxylic acid groups (broad SMARTS) is 1. The number of rotatable bonds is 6. The Bertz CT molecular complexity index is 419. The van der Waals surface area contributed by atoms with E-state index < -0.39 is 12.0 Å². The molecule has 0 aliphatic carbocycles. The number of imidazole rings is 1. The number of nitrogens with zero attached hydrogens (tertiary/aromatic N) is 2. The second-order valence-corrected chi connectivity index (χ2v) is 4.42. The molecule has 2 amide bonds. The lowest BCUT2D eigenvalue weighted by Gasteiger charge is -2.28. The molecule has 0 saturated carbocycles. The summed E-state index contributed by atoms with van der Waals surface area (Å²) in [5, 5.41) is 11.6. The molecule has 0 bridgehead atoms. The predicted molar refractivity (Wildman–Crippen MR) is 69.6 cm³/mol. The molecule has 1 aromatic heterocycles. The summed E-state index contributed by atoms with van der Waals surface area (Å²) in [6.45, 7) is 5.20. The van der Waals surface area contributed by atoms with Gasteiger partial charge in [-0.25, -0.2) is 9.78 Å². The molecular weight excluding hydrogens is 248 g/mol. The summed E-state index contributed by atoms with van der Waals surface area (Å²) in [6.07, 6.45) is 3.96. The topological polar surface area (TPSA) is 98.3 Å². The molecule has 0 saturated heterocycles. The van der Waals surface area contributed by atoms with E-state index in [1.807, 2.05) is 13.8 Å². The zero-order chi connectivity index (χ0) is 14.4. The van der Waals surface area contributed by atoms with Crippen LogP contribution >= 0.6 is 0 Å². The lowest BCUT2D eigenvalue weighted by Crippen LogP contribution is -2.48. The van der Waals surface area contributed by atoms with E-state index in [0.29, 0.717) is 12.2 Å². The molecule has 1 rings (SSSR count). The molecule has 106 valence electrons. The molecule has 1 aromatic rings. The first kappa shape index (κ1) is 15.0. The summed E-state index contributed by atoms with van der Waals surface area (Å²) in [5.41, 5.74) is 0. The van der Waals surface area contributed by atoms with Crippen LogP contribution in [-0.4, -0.2) is 44.6 Å². The molecule has 0 fully saturated rings. The molecule has 3 N–H and O–H groups in total. The molecule has 2 atom stereocenters. The summed E-state index contributed by atoms with van der Waals surface area (Å²) in [7, 11) is 0. The number of carbonyl (C=O) groups is 2. The van der Waals surface area contributed by atoms with Gasteiger partial charge in [0.2, 0.25) is 0 Å². The van der Waals surface area contributed by atoms with Crippen LogP contribution in [0.2, 0.25) is 0 Å². The number of urea groups is 1. The second-order valence-electron chi connectivity index (χ2n) is 4.42. The van der Waals surface area contributed by atoms with Gasteiger partial charge in [-0.15, -0.1) is 0 Å². The van der Waals surface area contributed by atoms with E-state index in [9.17, 15) is 9.59 Å². The van der Waals surface area contributed by atoms with Gasteiger partial charge in [0.05, 0.1) is 6.04 Å². The third-order valence-corrected chi connectivity index (χ3v) is 2.96. The van der Waals surface area contributed by atoms with Crippen molar-refractivity contribution in [2.45, 2.75) is 39.3 Å². The Morgan fingerprint density at radius 3 is 2.68 bits per heavy atom. The zero-order valence-electron chi connectivity index (χ0n) is 11.4. The molecule has 2 unspecified atom stereocenters. The number of H-pyrrole nitrogens is 1. The van der Waals surface area contributed by atoms with Crippen molar-refractivity contribution in [1.29, 1.82) is 0 Å². The van der Waals surface area contributed by atoms with Gasteiger partial charge in [0.25, 0.3) is 0 Å². The quantitative estimate of drug-likeness (QED) is 0.725. The van der Waals surface area contributed by atoms with Crippen LogP contribution in [0.5, 0.6) is 0 Å². The maximum atomic E-state index is 12.1. The molecule has 19 heavy (non-hydrogen) atoms. The van der Waals surface area contributed by atoms with Gasteiger partial charge < -0.3 is 20.3 Å². The molecule has 0 aromatic carbocycles. The smallest absolute Gasteiger partial charge is 0.323 e. The average Bonchev–Trinajstić information content (AvgIpc) is 2.88. The van der Waals surface area contributed by atoms with Crippen LogP contribution < -0.4 is 5.32 Å². The number of aromatic nitrogens is 2. The van der Waals surface area contributed by atoms with E-state index in [1.54, 1.807) is 19.3 Å². The Kier molecular flexibility index (Phi) is 5.35. The zero-order valence-corrected chi connectivity index (χ0v) is 11.4. The highest BCUT2D eigenvalue weighted by Crippen LogP contribution is 2.09. The Hall–Kier alpha value is -2.05. The van der Waals surface area contributed by atoms with Crippen molar-refractivity contribution in [2.24, 2.45) is 0 Å². The summed E-state index contributed by atoms with van der Waals surface area (Å²) >= 11 is 0. The summed E-state index contributed by atoms with van der Waals surface area (Å²) in [4.78, 5) is 31.2. The SMILES string of the molecule is CCC(C)N(CC(=O)O)C(=O)NC(C)c1ncc[nH]1. The Morgan fingerprint density at radius 1 is 1.53 bits per heavy atom. The van der Waals surface area contributed by atoms with Crippen LogP contribution in [0.25, 0.3) is 0 Å². The first-order chi connectivity index (χ1) is 8.95. The van der Waals surface area contributed by atoms with Crippen molar-refractivity contribution in [2.75, 3.05) is 6.54 Å². The minimum absolute atomic E-state index is 0.139. The molecule has 0 spiro atoms. The number of hydrogen-bond acceptors (Lipinski definition) is 3. The molecule has 0 radical (unpaired) electrons. The Morgan fingerprint density at radius 2 is 2.21 bits per heavy atom. The Balaban J connectivity index is 2.68. The highest BCUT2D eigenvalue weighted by Gasteiger charge is 2.23. The minimum Gasteiger partial charge on any atom is -0.480 e. The standard InChI is InChI=1S/C12H20N4O3/c1-4-8(2)16(7-10(17)18)12(19)15-9(3)11-13-5-6-14-11/h5-6,8-9H,4,7H2,1-3H3,(H,13,14)(H,15,19)(H,17,18). The fourth-order valence-corrected chi connectivity index (χ4v) is 1.64. The number of aromatic amines is 1. The summed E-state index contributed by atoms with van der Waals surface area (Å²) in [6, 6.07) is -0.844. The van der Waals surface area contributed by atoms with Crippen molar-refractivity contribution < 1.29 is 14.7 Å². The van der Waals surface area contributed by atoms with Crippen molar-refractivity contribution in [3.8, 4) is 0 Å². The maximum absolute atomic E-state index is 12.1. The largest absolute Gasteiger partial charge is 0.480 e. The van der Waals surface area contributed by atoms with E-state index in [1.165, 1.54) is 4.90 Å². The monoisotopic (exact) mass is 268 g/mol. The second kappa shape index (κ2) is 6.77. The molecular formula is C12H20N4O3. The third kappa shape index (κ3) is 4.27. The maximum Gasteiger partial charge on any atom is 0.323 e. The highest BCUT2D eigenvalue weighted by molar-refractivity contribution is 5.80. The van der Waals surface area contributed by atoms with Gasteiger partial charge in [-0.3, -0.25) is 4.79 Å². The van der Waals surface area contributed by atoms with Gasteiger partial charge in [-0.05, 0) is 20.3 Å². The predicted octanol–water partition coefficient (Wildman–Crippen LogP) is 1.37. The van der Waals surface area contributed by atoms with Crippen LogP contribution in [0, 0.1) is 0 Å². The number of carbonyl (C=O) groups excluding carboxylic acids is 1.